The summed E-state index contributed by atoms with van der Waals surface area (Å²) in [5.41, 5.74) is 6.22. The maximum atomic E-state index is 12.5. The number of carbonyl (C=O) groups excluding carboxylic acids is 1. The number of aromatic nitrogens is 2. The Labute approximate surface area is 266 Å². The summed E-state index contributed by atoms with van der Waals surface area (Å²) in [5.74, 6) is 0.414. The minimum atomic E-state index is -0.621. The smallest absolute Gasteiger partial charge is 0.253 e. The second-order valence-corrected chi connectivity index (χ2v) is 11.8. The van der Waals surface area contributed by atoms with Crippen LogP contribution in [0.3, 0.4) is 0 Å². The largest absolute Gasteiger partial charge is 0.618 e. The van der Waals surface area contributed by atoms with Crippen molar-refractivity contribution in [2.45, 2.75) is 43.1 Å². The molecule has 1 saturated heterocycles. The lowest BCUT2D eigenvalue weighted by Gasteiger charge is -2.36. The van der Waals surface area contributed by atoms with Gasteiger partial charge in [0.2, 0.25) is 0 Å². The summed E-state index contributed by atoms with van der Waals surface area (Å²) in [6.07, 6.45) is 4.28. The lowest BCUT2D eigenvalue weighted by atomic mass is 9.99. The minimum Gasteiger partial charge on any atom is -0.618 e. The monoisotopic (exact) mass is 619 g/mol. The van der Waals surface area contributed by atoms with Crippen molar-refractivity contribution >= 4 is 17.7 Å². The van der Waals surface area contributed by atoms with Gasteiger partial charge in [-0.15, -0.1) is 0 Å². The van der Waals surface area contributed by atoms with Crippen LogP contribution in [0.5, 0.6) is 0 Å². The van der Waals surface area contributed by atoms with Gasteiger partial charge >= 0.3 is 0 Å². The minimum absolute atomic E-state index is 0.0199. The highest BCUT2D eigenvalue weighted by Gasteiger charge is 2.33. The number of rotatable bonds is 10. The van der Waals surface area contributed by atoms with Gasteiger partial charge in [-0.3, -0.25) is 9.78 Å². The van der Waals surface area contributed by atoms with Gasteiger partial charge in [-0.25, -0.2) is 0 Å². The predicted molar refractivity (Wildman–Crippen MR) is 172 cm³/mol. The molecule has 8 nitrogen and oxygen atoms in total. The van der Waals surface area contributed by atoms with Crippen LogP contribution in [0.4, 0.5) is 0 Å². The van der Waals surface area contributed by atoms with Crippen LogP contribution in [0.1, 0.15) is 51.4 Å². The lowest BCUT2D eigenvalue weighted by molar-refractivity contribution is -0.645. The first kappa shape index (κ1) is 30.5. The van der Waals surface area contributed by atoms with E-state index >= 15 is 0 Å². The highest BCUT2D eigenvalue weighted by atomic mass is 32.2. The molecule has 0 aliphatic carbocycles. The first-order valence-electron chi connectivity index (χ1n) is 14.7. The molecule has 3 heterocycles. The SMILES string of the molecule is O=C(NCc1cccc(-c2cccc(C3OC(CSc4cccc[n+]4[O-])CC(c4ccc(CO)cc4)O3)c2)c1)c1cccnc1. The number of ether oxygens (including phenoxy) is 2. The maximum Gasteiger partial charge on any atom is 0.253 e. The number of pyridine rings is 2. The number of benzene rings is 3. The van der Waals surface area contributed by atoms with E-state index in [2.05, 4.69) is 22.4 Å². The van der Waals surface area contributed by atoms with E-state index in [9.17, 15) is 15.1 Å². The van der Waals surface area contributed by atoms with Gasteiger partial charge in [-0.05, 0) is 58.1 Å². The van der Waals surface area contributed by atoms with Crippen molar-refractivity contribution in [1.82, 2.24) is 10.3 Å². The van der Waals surface area contributed by atoms with E-state index in [1.807, 2.05) is 72.8 Å². The van der Waals surface area contributed by atoms with Crippen LogP contribution in [-0.4, -0.2) is 27.9 Å². The predicted octanol–water partition coefficient (Wildman–Crippen LogP) is 6.14. The van der Waals surface area contributed by atoms with Crippen molar-refractivity contribution in [3.63, 3.8) is 0 Å². The van der Waals surface area contributed by atoms with Crippen molar-refractivity contribution < 1.29 is 24.1 Å². The Balaban J connectivity index is 1.20. The van der Waals surface area contributed by atoms with Crippen LogP contribution in [0.15, 0.2) is 127 Å². The molecule has 2 aromatic heterocycles. The molecule has 5 aromatic rings. The molecule has 1 aliphatic rings. The van der Waals surface area contributed by atoms with Gasteiger partial charge in [0.1, 0.15) is 0 Å². The molecule has 3 unspecified atom stereocenters. The van der Waals surface area contributed by atoms with E-state index in [0.29, 0.717) is 29.3 Å². The number of carbonyl (C=O) groups is 1. The normalized spacial score (nSPS) is 17.9. The summed E-state index contributed by atoms with van der Waals surface area (Å²) < 4.78 is 13.9. The Hall–Kier alpha value is -4.54. The van der Waals surface area contributed by atoms with Crippen molar-refractivity contribution in [3.05, 3.63) is 155 Å². The van der Waals surface area contributed by atoms with Gasteiger partial charge in [0.15, 0.2) is 12.5 Å². The van der Waals surface area contributed by atoms with Crippen LogP contribution in [0.2, 0.25) is 0 Å². The zero-order valence-corrected chi connectivity index (χ0v) is 25.3. The molecular formula is C36H33N3O5S. The summed E-state index contributed by atoms with van der Waals surface area (Å²) in [6.45, 7) is 0.366. The quantitative estimate of drug-likeness (QED) is 0.110. The Morgan fingerprint density at radius 3 is 2.51 bits per heavy atom. The second kappa shape index (κ2) is 14.5. The summed E-state index contributed by atoms with van der Waals surface area (Å²) in [7, 11) is 0. The summed E-state index contributed by atoms with van der Waals surface area (Å²) >= 11 is 1.46. The maximum absolute atomic E-state index is 12.5. The standard InChI is InChI=1S/C36H33N3O5S/c40-23-25-12-14-27(15-13-25)33-20-32(24-45-34-11-1-2-17-39(34)42)43-36(44-33)30-9-4-8-29(19-30)28-7-3-6-26(18-28)21-38-35(41)31-10-5-16-37-22-31/h1-19,22,32-33,36,40H,20-21,23-24H2,(H,38,41). The molecular weight excluding hydrogens is 586 g/mol. The zero-order valence-electron chi connectivity index (χ0n) is 24.5. The molecule has 228 valence electrons. The highest BCUT2D eigenvalue weighted by molar-refractivity contribution is 7.99. The van der Waals surface area contributed by atoms with Crippen molar-refractivity contribution in [2.24, 2.45) is 0 Å². The van der Waals surface area contributed by atoms with E-state index in [1.54, 1.807) is 30.6 Å². The molecule has 1 fully saturated rings. The van der Waals surface area contributed by atoms with Gasteiger partial charge in [-0.1, -0.05) is 72.4 Å². The molecule has 3 atom stereocenters. The molecule has 0 spiro atoms. The van der Waals surface area contributed by atoms with E-state index in [4.69, 9.17) is 9.47 Å². The van der Waals surface area contributed by atoms with Gasteiger partial charge in [0, 0.05) is 48.8 Å². The van der Waals surface area contributed by atoms with Crippen molar-refractivity contribution in [3.8, 4) is 11.1 Å². The molecule has 0 radical (unpaired) electrons. The molecule has 6 rings (SSSR count). The molecule has 3 aromatic carbocycles. The fourth-order valence-electron chi connectivity index (χ4n) is 5.23. The fourth-order valence-corrected chi connectivity index (χ4v) is 6.17. The third-order valence-electron chi connectivity index (χ3n) is 7.62. The lowest BCUT2D eigenvalue weighted by Crippen LogP contribution is -2.32. The number of thioether (sulfide) groups is 1. The third kappa shape index (κ3) is 7.76. The highest BCUT2D eigenvalue weighted by Crippen LogP contribution is 2.40. The number of hydrogen-bond donors (Lipinski definition) is 2. The fraction of sp³-hybridized carbons (Fsp3) is 0.194. The Morgan fingerprint density at radius 2 is 1.73 bits per heavy atom. The summed E-state index contributed by atoms with van der Waals surface area (Å²) in [6, 6.07) is 32.8. The van der Waals surface area contributed by atoms with Crippen LogP contribution in [-0.2, 0) is 22.6 Å². The van der Waals surface area contributed by atoms with Gasteiger partial charge in [-0.2, -0.15) is 4.73 Å². The number of nitrogens with zero attached hydrogens (tertiary/aromatic N) is 2. The molecule has 1 amide bonds. The van der Waals surface area contributed by atoms with Crippen LogP contribution < -0.4 is 10.0 Å². The van der Waals surface area contributed by atoms with Crippen molar-refractivity contribution in [1.29, 1.82) is 0 Å². The Kier molecular flexibility index (Phi) is 9.82. The first-order chi connectivity index (χ1) is 22.1. The second-order valence-electron chi connectivity index (χ2n) is 10.8. The van der Waals surface area contributed by atoms with E-state index in [1.165, 1.54) is 18.0 Å². The van der Waals surface area contributed by atoms with Gasteiger partial charge in [0.25, 0.3) is 10.9 Å². The van der Waals surface area contributed by atoms with Gasteiger partial charge < -0.3 is 25.1 Å². The molecule has 0 saturated carbocycles. The third-order valence-corrected chi connectivity index (χ3v) is 8.77. The van der Waals surface area contributed by atoms with Crippen LogP contribution in [0.25, 0.3) is 11.1 Å². The number of nitrogens with one attached hydrogen (secondary N) is 1. The van der Waals surface area contributed by atoms with Crippen molar-refractivity contribution in [2.75, 3.05) is 5.75 Å². The Bertz CT molecular complexity index is 1730. The van der Waals surface area contributed by atoms with E-state index in [-0.39, 0.29) is 24.7 Å². The summed E-state index contributed by atoms with van der Waals surface area (Å²) in [4.78, 5) is 16.5. The molecule has 0 bridgehead atoms. The van der Waals surface area contributed by atoms with Crippen LogP contribution >= 0.6 is 11.8 Å². The van der Waals surface area contributed by atoms with Gasteiger partial charge in [0.05, 0.1) is 24.4 Å². The number of hydrogen-bond acceptors (Lipinski definition) is 7. The molecule has 45 heavy (non-hydrogen) atoms. The number of amides is 1. The van der Waals surface area contributed by atoms with E-state index < -0.39 is 6.29 Å². The summed E-state index contributed by atoms with van der Waals surface area (Å²) in [5, 5.41) is 25.3. The zero-order chi connectivity index (χ0) is 31.0. The average Bonchev–Trinajstić information content (AvgIpc) is 3.10. The number of aliphatic hydroxyl groups is 1. The topological polar surface area (TPSA) is 108 Å². The first-order valence-corrected chi connectivity index (χ1v) is 15.7. The molecule has 2 N–H and O–H groups in total. The molecule has 1 aliphatic heterocycles. The van der Waals surface area contributed by atoms with Crippen LogP contribution in [0, 0.1) is 5.21 Å². The average molecular weight is 620 g/mol. The molecule has 9 heteroatoms. The number of aliphatic hydroxyl groups excluding tert-OH is 1. The van der Waals surface area contributed by atoms with E-state index in [0.717, 1.165) is 38.1 Å². The Morgan fingerprint density at radius 1 is 0.911 bits per heavy atom.